The van der Waals surface area contributed by atoms with Crippen LogP contribution in [0.25, 0.3) is 0 Å². The van der Waals surface area contributed by atoms with E-state index in [9.17, 15) is 0 Å². The topological polar surface area (TPSA) is 15.3 Å². The van der Waals surface area contributed by atoms with E-state index in [1.165, 1.54) is 39.0 Å². The van der Waals surface area contributed by atoms with Crippen LogP contribution in [-0.4, -0.2) is 37.1 Å². The molecule has 0 aromatic rings. The van der Waals surface area contributed by atoms with Gasteiger partial charge in [0.2, 0.25) is 0 Å². The summed E-state index contributed by atoms with van der Waals surface area (Å²) in [5, 5.41) is 3.49. The summed E-state index contributed by atoms with van der Waals surface area (Å²) in [5.41, 5.74) is 0. The van der Waals surface area contributed by atoms with Crippen LogP contribution in [0.15, 0.2) is 0 Å². The second-order valence-electron chi connectivity index (χ2n) is 4.77. The smallest absolute Gasteiger partial charge is 0.00670 e. The fourth-order valence-corrected chi connectivity index (χ4v) is 2.85. The highest BCUT2D eigenvalue weighted by molar-refractivity contribution is 4.92. The summed E-state index contributed by atoms with van der Waals surface area (Å²) >= 11 is 0. The molecule has 0 spiro atoms. The average molecular weight is 182 g/mol. The van der Waals surface area contributed by atoms with Gasteiger partial charge in [-0.25, -0.2) is 0 Å². The molecule has 2 nitrogen and oxygen atoms in total. The Kier molecular flexibility index (Phi) is 2.89. The van der Waals surface area contributed by atoms with Crippen molar-refractivity contribution in [1.29, 1.82) is 0 Å². The van der Waals surface area contributed by atoms with Gasteiger partial charge in [0.25, 0.3) is 0 Å². The molecule has 2 rings (SSSR count). The van der Waals surface area contributed by atoms with Gasteiger partial charge in [0.05, 0.1) is 0 Å². The van der Waals surface area contributed by atoms with Gasteiger partial charge in [0, 0.05) is 19.1 Å². The predicted molar refractivity (Wildman–Crippen MR) is 55.8 cm³/mol. The standard InChI is InChI=1S/C11H22N2/c1-3-4-9(2)13-7-10-5-12-6-11(10)8-13/h9-12H,3-8H2,1-2H3. The highest BCUT2D eigenvalue weighted by atomic mass is 15.2. The molecule has 13 heavy (non-hydrogen) atoms. The lowest BCUT2D eigenvalue weighted by Gasteiger charge is -2.24. The van der Waals surface area contributed by atoms with Crippen molar-refractivity contribution in [2.45, 2.75) is 32.7 Å². The highest BCUT2D eigenvalue weighted by Crippen LogP contribution is 2.28. The molecule has 3 unspecified atom stereocenters. The highest BCUT2D eigenvalue weighted by Gasteiger charge is 2.37. The van der Waals surface area contributed by atoms with Crippen molar-refractivity contribution in [3.05, 3.63) is 0 Å². The summed E-state index contributed by atoms with van der Waals surface area (Å²) in [6, 6.07) is 0.815. The molecular weight excluding hydrogens is 160 g/mol. The first kappa shape index (κ1) is 9.47. The molecule has 2 heterocycles. The molecule has 2 saturated heterocycles. The number of hydrogen-bond acceptors (Lipinski definition) is 2. The van der Waals surface area contributed by atoms with Gasteiger partial charge in [-0.2, -0.15) is 0 Å². The van der Waals surface area contributed by atoms with Gasteiger partial charge in [0.15, 0.2) is 0 Å². The molecule has 0 aliphatic carbocycles. The lowest BCUT2D eigenvalue weighted by molar-refractivity contribution is 0.229. The van der Waals surface area contributed by atoms with E-state index in [4.69, 9.17) is 0 Å². The van der Waals surface area contributed by atoms with Crippen LogP contribution < -0.4 is 5.32 Å². The van der Waals surface area contributed by atoms with Gasteiger partial charge >= 0.3 is 0 Å². The van der Waals surface area contributed by atoms with E-state index >= 15 is 0 Å². The van der Waals surface area contributed by atoms with Crippen LogP contribution in [0.5, 0.6) is 0 Å². The number of fused-ring (bicyclic) bond motifs is 1. The molecule has 0 bridgehead atoms. The number of rotatable bonds is 3. The van der Waals surface area contributed by atoms with E-state index in [1.54, 1.807) is 0 Å². The lowest BCUT2D eigenvalue weighted by atomic mass is 10.0. The number of likely N-dealkylation sites (tertiary alicyclic amines) is 1. The Morgan fingerprint density at radius 2 is 1.92 bits per heavy atom. The first-order valence-corrected chi connectivity index (χ1v) is 5.76. The minimum atomic E-state index is 0.815. The Morgan fingerprint density at radius 1 is 1.31 bits per heavy atom. The molecule has 2 fully saturated rings. The lowest BCUT2D eigenvalue weighted by Crippen LogP contribution is -2.33. The van der Waals surface area contributed by atoms with Crippen LogP contribution in [0.1, 0.15) is 26.7 Å². The minimum absolute atomic E-state index is 0.815. The van der Waals surface area contributed by atoms with Crippen molar-refractivity contribution in [1.82, 2.24) is 10.2 Å². The molecule has 0 radical (unpaired) electrons. The number of nitrogens with zero attached hydrogens (tertiary/aromatic N) is 1. The Hall–Kier alpha value is -0.0800. The zero-order valence-corrected chi connectivity index (χ0v) is 8.92. The molecule has 2 aliphatic rings. The number of hydrogen-bond donors (Lipinski definition) is 1. The normalized spacial score (nSPS) is 36.5. The van der Waals surface area contributed by atoms with E-state index in [0.717, 1.165) is 17.9 Å². The fourth-order valence-electron chi connectivity index (χ4n) is 2.85. The van der Waals surface area contributed by atoms with Crippen molar-refractivity contribution in [3.63, 3.8) is 0 Å². The van der Waals surface area contributed by atoms with E-state index in [-0.39, 0.29) is 0 Å². The maximum absolute atomic E-state index is 3.49. The third kappa shape index (κ3) is 1.89. The molecule has 0 saturated carbocycles. The first-order valence-electron chi connectivity index (χ1n) is 5.76. The van der Waals surface area contributed by atoms with Crippen LogP contribution in [0, 0.1) is 11.8 Å². The third-order valence-electron chi connectivity index (χ3n) is 3.75. The van der Waals surface area contributed by atoms with Crippen LogP contribution in [0.2, 0.25) is 0 Å². The summed E-state index contributed by atoms with van der Waals surface area (Å²) in [7, 11) is 0. The summed E-state index contributed by atoms with van der Waals surface area (Å²) < 4.78 is 0. The van der Waals surface area contributed by atoms with Crippen molar-refractivity contribution in [2.24, 2.45) is 11.8 Å². The van der Waals surface area contributed by atoms with E-state index in [0.29, 0.717) is 0 Å². The van der Waals surface area contributed by atoms with Crippen LogP contribution in [0.3, 0.4) is 0 Å². The van der Waals surface area contributed by atoms with Crippen molar-refractivity contribution in [3.8, 4) is 0 Å². The Morgan fingerprint density at radius 3 is 2.46 bits per heavy atom. The van der Waals surface area contributed by atoms with Gasteiger partial charge in [-0.05, 0) is 38.3 Å². The van der Waals surface area contributed by atoms with Crippen molar-refractivity contribution >= 4 is 0 Å². The Balaban J connectivity index is 1.84. The van der Waals surface area contributed by atoms with Crippen LogP contribution in [0.4, 0.5) is 0 Å². The van der Waals surface area contributed by atoms with Gasteiger partial charge in [0.1, 0.15) is 0 Å². The zero-order valence-electron chi connectivity index (χ0n) is 8.92. The molecule has 0 aromatic carbocycles. The van der Waals surface area contributed by atoms with Gasteiger partial charge in [-0.15, -0.1) is 0 Å². The van der Waals surface area contributed by atoms with Crippen LogP contribution in [-0.2, 0) is 0 Å². The largest absolute Gasteiger partial charge is 0.316 e. The summed E-state index contributed by atoms with van der Waals surface area (Å²) in [6.07, 6.45) is 2.69. The van der Waals surface area contributed by atoms with Gasteiger partial charge < -0.3 is 5.32 Å². The monoisotopic (exact) mass is 182 g/mol. The average Bonchev–Trinajstić information content (AvgIpc) is 2.61. The minimum Gasteiger partial charge on any atom is -0.316 e. The molecule has 2 aliphatic heterocycles. The zero-order chi connectivity index (χ0) is 9.26. The molecule has 76 valence electrons. The SMILES string of the molecule is CCCC(C)N1CC2CNCC2C1. The molecule has 2 heteroatoms. The third-order valence-corrected chi connectivity index (χ3v) is 3.75. The van der Waals surface area contributed by atoms with E-state index < -0.39 is 0 Å². The molecular formula is C11H22N2. The second-order valence-corrected chi connectivity index (χ2v) is 4.77. The fraction of sp³-hybridized carbons (Fsp3) is 1.00. The molecule has 3 atom stereocenters. The van der Waals surface area contributed by atoms with Crippen molar-refractivity contribution < 1.29 is 0 Å². The van der Waals surface area contributed by atoms with E-state index in [2.05, 4.69) is 24.1 Å². The molecule has 1 N–H and O–H groups in total. The summed E-state index contributed by atoms with van der Waals surface area (Å²) in [5.74, 6) is 1.92. The maximum atomic E-state index is 3.49. The van der Waals surface area contributed by atoms with Crippen molar-refractivity contribution in [2.75, 3.05) is 26.2 Å². The molecule has 0 aromatic heterocycles. The van der Waals surface area contributed by atoms with Crippen LogP contribution >= 0.6 is 0 Å². The second kappa shape index (κ2) is 3.97. The first-order chi connectivity index (χ1) is 6.31. The molecule has 0 amide bonds. The predicted octanol–water partition coefficient (Wildman–Crippen LogP) is 1.33. The van der Waals surface area contributed by atoms with Gasteiger partial charge in [-0.3, -0.25) is 4.90 Å². The Labute approximate surface area is 81.7 Å². The summed E-state index contributed by atoms with van der Waals surface area (Å²) in [6.45, 7) is 9.89. The van der Waals surface area contributed by atoms with E-state index in [1.807, 2.05) is 0 Å². The number of nitrogens with one attached hydrogen (secondary N) is 1. The van der Waals surface area contributed by atoms with Gasteiger partial charge in [-0.1, -0.05) is 13.3 Å². The quantitative estimate of drug-likeness (QED) is 0.708. The Bertz CT molecular complexity index is 157. The maximum Gasteiger partial charge on any atom is 0.00670 e. The summed E-state index contributed by atoms with van der Waals surface area (Å²) in [4.78, 5) is 2.69.